The van der Waals surface area contributed by atoms with Gasteiger partial charge in [0, 0.05) is 0 Å². The van der Waals surface area contributed by atoms with Crippen molar-refractivity contribution in [2.45, 2.75) is 98.3 Å². The number of fused-ring (bicyclic) bond motifs is 1. The van der Waals surface area contributed by atoms with E-state index in [1.165, 1.54) is 51.4 Å². The van der Waals surface area contributed by atoms with Crippen LogP contribution in [0, 0.1) is 17.8 Å². The molecule has 5 heteroatoms. The third kappa shape index (κ3) is 9.93. The number of hydrogen-bond donors (Lipinski definition) is 2. The summed E-state index contributed by atoms with van der Waals surface area (Å²) in [5, 5.41) is 18.2. The van der Waals surface area contributed by atoms with Crippen LogP contribution in [0.1, 0.15) is 98.3 Å². The molecule has 0 spiro atoms. The summed E-state index contributed by atoms with van der Waals surface area (Å²) in [6.07, 6.45) is 25.8. The number of carboxylic acid groups (broad SMARTS) is 2. The average molecular weight is 483 g/mol. The molecule has 3 atom stereocenters. The molecule has 2 aliphatic carbocycles. The number of allylic oxidation sites excluding steroid dienone is 3. The first-order chi connectivity index (χ1) is 15.9. The molecule has 192 valence electrons. The fourth-order valence-electron chi connectivity index (χ4n) is 5.65. The van der Waals surface area contributed by atoms with Gasteiger partial charge >= 0.3 is 123 Å². The van der Waals surface area contributed by atoms with E-state index in [1.807, 2.05) is 12.2 Å². The molecular weight excluding hydrogens is 431 g/mol. The van der Waals surface area contributed by atoms with Gasteiger partial charge in [-0.05, 0) is 25.2 Å². The predicted molar refractivity (Wildman–Crippen MR) is 144 cm³/mol. The van der Waals surface area contributed by atoms with Gasteiger partial charge in [0.05, 0.1) is 11.8 Å². The molecule has 1 fully saturated rings. The zero-order chi connectivity index (χ0) is 24.7. The van der Waals surface area contributed by atoms with Gasteiger partial charge in [-0.25, -0.2) is 0 Å². The Morgan fingerprint density at radius 2 is 1.30 bits per heavy atom. The van der Waals surface area contributed by atoms with Gasteiger partial charge in [0.1, 0.15) is 0 Å². The van der Waals surface area contributed by atoms with Crippen LogP contribution in [-0.2, 0) is 9.59 Å². The second kappa shape index (κ2) is 16.5. The molecule has 33 heavy (non-hydrogen) atoms. The molecular formula is C28H51O4P. The zero-order valence-electron chi connectivity index (χ0n) is 21.8. The first-order valence-corrected chi connectivity index (χ1v) is 16.5. The van der Waals surface area contributed by atoms with Crippen LogP contribution in [0.2, 0.25) is 0 Å². The van der Waals surface area contributed by atoms with Crippen molar-refractivity contribution in [3.63, 3.8) is 0 Å². The van der Waals surface area contributed by atoms with Crippen molar-refractivity contribution >= 4 is 19.2 Å². The third-order valence-corrected chi connectivity index (χ3v) is 13.4. The Bertz CT molecular complexity index is 602. The smallest absolute Gasteiger partial charge is 0.311 e. The van der Waals surface area contributed by atoms with Crippen LogP contribution in [0.15, 0.2) is 23.8 Å². The number of aliphatic carboxylic acids is 2. The van der Waals surface area contributed by atoms with E-state index in [1.54, 1.807) is 30.7 Å². The first kappa shape index (κ1) is 29.9. The Morgan fingerprint density at radius 1 is 0.818 bits per heavy atom. The molecule has 2 aliphatic rings. The number of carboxylic acids is 2. The van der Waals surface area contributed by atoms with Crippen LogP contribution in [-0.4, -0.2) is 46.8 Å². The van der Waals surface area contributed by atoms with Crippen molar-refractivity contribution < 1.29 is 19.8 Å². The molecule has 0 aromatic carbocycles. The van der Waals surface area contributed by atoms with Gasteiger partial charge in [-0.2, -0.15) is 0 Å². The molecule has 0 aromatic rings. The Labute approximate surface area is 203 Å². The summed E-state index contributed by atoms with van der Waals surface area (Å²) < 4.78 is 0. The zero-order valence-corrected chi connectivity index (χ0v) is 22.8. The fraction of sp³-hybridized carbons (Fsp3) is 0.786. The van der Waals surface area contributed by atoms with Crippen LogP contribution < -0.4 is 0 Å². The van der Waals surface area contributed by atoms with E-state index in [0.717, 1.165) is 18.4 Å². The van der Waals surface area contributed by atoms with Gasteiger partial charge in [0.25, 0.3) is 0 Å². The van der Waals surface area contributed by atoms with Crippen LogP contribution in [0.25, 0.3) is 0 Å². The van der Waals surface area contributed by atoms with Gasteiger partial charge in [0.15, 0.2) is 0 Å². The van der Waals surface area contributed by atoms with E-state index in [-0.39, 0.29) is 5.92 Å². The van der Waals surface area contributed by atoms with E-state index >= 15 is 0 Å². The summed E-state index contributed by atoms with van der Waals surface area (Å²) in [7, 11) is -0.879. The predicted octanol–water partition coefficient (Wildman–Crippen LogP) is 7.62. The second-order valence-corrected chi connectivity index (χ2v) is 15.3. The Kier molecular flexibility index (Phi) is 14.9. The molecule has 0 radical (unpaired) electrons. The van der Waals surface area contributed by atoms with Crippen molar-refractivity contribution in [2.75, 3.05) is 24.6 Å². The summed E-state index contributed by atoms with van der Waals surface area (Å²) in [5.41, 5.74) is 0.786. The average Bonchev–Trinajstić information content (AvgIpc) is 2.82. The maximum atomic E-state index is 11.2. The second-order valence-electron chi connectivity index (χ2n) is 10.3. The largest absolute Gasteiger partial charge is 0.481 e. The van der Waals surface area contributed by atoms with E-state index in [2.05, 4.69) is 27.7 Å². The van der Waals surface area contributed by atoms with Crippen molar-refractivity contribution in [1.29, 1.82) is 0 Å². The van der Waals surface area contributed by atoms with E-state index in [0.29, 0.717) is 6.42 Å². The molecule has 1 saturated carbocycles. The van der Waals surface area contributed by atoms with Crippen LogP contribution >= 0.6 is 7.26 Å². The molecule has 2 rings (SSSR count). The third-order valence-electron chi connectivity index (χ3n) is 7.73. The minimum absolute atomic E-state index is 0.224. The molecule has 0 aromatic heterocycles. The minimum Gasteiger partial charge on any atom is -0.481 e. The molecule has 4 nitrogen and oxygen atoms in total. The summed E-state index contributed by atoms with van der Waals surface area (Å²) in [6.45, 7) is 9.44. The van der Waals surface area contributed by atoms with Gasteiger partial charge < -0.3 is 10.2 Å². The summed E-state index contributed by atoms with van der Waals surface area (Å²) in [5.74, 6) is -3.41. The summed E-state index contributed by atoms with van der Waals surface area (Å²) in [4.78, 5) is 22.2. The van der Waals surface area contributed by atoms with Gasteiger partial charge in [-0.15, -0.1) is 0 Å². The molecule has 2 N–H and O–H groups in total. The summed E-state index contributed by atoms with van der Waals surface area (Å²) in [6, 6.07) is 0. The first-order valence-electron chi connectivity index (χ1n) is 13.7. The number of unbranched alkanes of at least 4 members (excludes halogenated alkanes) is 4. The molecule has 0 saturated heterocycles. The summed E-state index contributed by atoms with van der Waals surface area (Å²) >= 11 is 0. The maximum absolute atomic E-state index is 11.2. The van der Waals surface area contributed by atoms with Crippen molar-refractivity contribution in [1.82, 2.24) is 0 Å². The topological polar surface area (TPSA) is 74.6 Å². The monoisotopic (exact) mass is 482 g/mol. The molecule has 0 amide bonds. The number of carbonyl (C=O) groups is 2. The van der Waals surface area contributed by atoms with E-state index < -0.39 is 31.0 Å². The molecule has 0 bridgehead atoms. The van der Waals surface area contributed by atoms with E-state index in [9.17, 15) is 9.59 Å². The van der Waals surface area contributed by atoms with Crippen LogP contribution in [0.5, 0.6) is 0 Å². The molecule has 0 aliphatic heterocycles. The number of hydrogen-bond acceptors (Lipinski definition) is 2. The van der Waals surface area contributed by atoms with Crippen LogP contribution in [0.3, 0.4) is 0 Å². The SMILES string of the molecule is CCCC[PH](CCCC)(CCCC)CCCC.O=C(O)C1CCC2CC=CC=C2C1C(=O)O. The standard InChI is InChI=1S/C16H37P.C12H14O4/c1-5-9-13-17(14-10-6-2,15-11-7-3)16-12-8-4;13-11(14)9-6-5-7-3-1-2-4-8(7)10(9)12(15)16/h17H,5-16H2,1-4H3;1-2,4,7,9-10H,3,5-6H2,(H,13,14)(H,15,16). The van der Waals surface area contributed by atoms with Crippen LogP contribution in [0.4, 0.5) is 0 Å². The van der Waals surface area contributed by atoms with E-state index in [4.69, 9.17) is 10.2 Å². The maximum Gasteiger partial charge on any atom is 0.311 e. The molecule has 3 unspecified atom stereocenters. The fourth-order valence-corrected chi connectivity index (χ4v) is 11.6. The van der Waals surface area contributed by atoms with Crippen molar-refractivity contribution in [2.24, 2.45) is 17.8 Å². The quantitative estimate of drug-likeness (QED) is 0.250. The minimum atomic E-state index is -1.02. The normalized spacial score (nSPS) is 22.5. The van der Waals surface area contributed by atoms with Crippen molar-refractivity contribution in [3.05, 3.63) is 23.8 Å². The van der Waals surface area contributed by atoms with Gasteiger partial charge in [-0.3, -0.25) is 9.59 Å². The van der Waals surface area contributed by atoms with Crippen molar-refractivity contribution in [3.8, 4) is 0 Å². The Hall–Kier alpha value is -1.15. The number of rotatable bonds is 14. The Balaban J connectivity index is 0.000000330. The van der Waals surface area contributed by atoms with Gasteiger partial charge in [-0.1, -0.05) is 23.8 Å². The molecule has 0 heterocycles. The van der Waals surface area contributed by atoms with Gasteiger partial charge in [0.2, 0.25) is 0 Å². The Morgan fingerprint density at radius 3 is 1.70 bits per heavy atom.